The molecule has 1 heterocycles. The van der Waals surface area contributed by atoms with Gasteiger partial charge in [-0.15, -0.1) is 0 Å². The van der Waals surface area contributed by atoms with Gasteiger partial charge in [-0.05, 0) is 23.0 Å². The van der Waals surface area contributed by atoms with Crippen molar-refractivity contribution >= 4 is 5.91 Å². The highest BCUT2D eigenvalue weighted by Crippen LogP contribution is 2.42. The Hall–Kier alpha value is -2.17. The summed E-state index contributed by atoms with van der Waals surface area (Å²) < 4.78 is 0. The quantitative estimate of drug-likeness (QED) is 0.797. The molecular formula is C19H20N2O2. The smallest absolute Gasteiger partial charge is 0.261 e. The second-order valence-corrected chi connectivity index (χ2v) is 6.43. The first-order valence-electron chi connectivity index (χ1n) is 8.06. The van der Waals surface area contributed by atoms with Crippen molar-refractivity contribution in [3.8, 4) is 0 Å². The molecule has 1 saturated heterocycles. The van der Waals surface area contributed by atoms with Crippen molar-refractivity contribution in [1.29, 1.82) is 0 Å². The molecule has 2 fully saturated rings. The summed E-state index contributed by atoms with van der Waals surface area (Å²) in [6.07, 6.45) is 0. The van der Waals surface area contributed by atoms with E-state index in [1.807, 2.05) is 36.4 Å². The third-order valence-electron chi connectivity index (χ3n) is 5.10. The van der Waals surface area contributed by atoms with Crippen LogP contribution in [0.25, 0.3) is 0 Å². The number of hydrogen-bond acceptors (Lipinski definition) is 3. The molecule has 2 aromatic rings. The Morgan fingerprint density at radius 2 is 1.43 bits per heavy atom. The van der Waals surface area contributed by atoms with Gasteiger partial charge in [0.1, 0.15) is 0 Å². The Labute approximate surface area is 135 Å². The summed E-state index contributed by atoms with van der Waals surface area (Å²) in [7, 11) is 0. The molecule has 4 nitrogen and oxygen atoms in total. The van der Waals surface area contributed by atoms with Crippen LogP contribution in [0.4, 0.5) is 0 Å². The minimum Gasteiger partial charge on any atom is -0.372 e. The van der Waals surface area contributed by atoms with Crippen LogP contribution >= 0.6 is 0 Å². The number of nitrogens with one attached hydrogen (secondary N) is 2. The molecule has 0 radical (unpaired) electrons. The molecule has 1 amide bonds. The summed E-state index contributed by atoms with van der Waals surface area (Å²) in [6, 6.07) is 18.5. The first kappa shape index (κ1) is 14.4. The van der Waals surface area contributed by atoms with Crippen LogP contribution in [0, 0.1) is 11.8 Å². The highest BCUT2D eigenvalue weighted by molar-refractivity contribution is 5.90. The van der Waals surface area contributed by atoms with Crippen LogP contribution in [0.2, 0.25) is 0 Å². The third kappa shape index (κ3) is 2.35. The Bertz CT molecular complexity index is 652. The van der Waals surface area contributed by atoms with E-state index in [1.54, 1.807) is 24.3 Å². The molecule has 0 aromatic heterocycles. The Morgan fingerprint density at radius 1 is 0.957 bits per heavy atom. The molecule has 4 rings (SSSR count). The van der Waals surface area contributed by atoms with Gasteiger partial charge in [0, 0.05) is 19.1 Å². The zero-order valence-electron chi connectivity index (χ0n) is 12.8. The minimum atomic E-state index is -1.66. The first-order valence-corrected chi connectivity index (χ1v) is 8.06. The van der Waals surface area contributed by atoms with Crippen molar-refractivity contribution in [3.05, 3.63) is 71.8 Å². The molecule has 2 aliphatic rings. The summed E-state index contributed by atoms with van der Waals surface area (Å²) in [5, 5.41) is 17.7. The van der Waals surface area contributed by atoms with Crippen LogP contribution in [0.3, 0.4) is 0 Å². The Kier molecular flexibility index (Phi) is 3.43. The van der Waals surface area contributed by atoms with E-state index >= 15 is 0 Å². The van der Waals surface area contributed by atoms with E-state index in [1.165, 1.54) is 0 Å². The van der Waals surface area contributed by atoms with Gasteiger partial charge in [0.05, 0.1) is 0 Å². The van der Waals surface area contributed by atoms with Crippen molar-refractivity contribution in [2.45, 2.75) is 11.6 Å². The van der Waals surface area contributed by atoms with Gasteiger partial charge in [0.15, 0.2) is 5.60 Å². The number of fused-ring (bicyclic) bond motifs is 1. The maximum atomic E-state index is 13.0. The highest BCUT2D eigenvalue weighted by atomic mass is 16.3. The molecule has 0 spiro atoms. The zero-order valence-corrected chi connectivity index (χ0v) is 12.8. The van der Waals surface area contributed by atoms with Crippen molar-refractivity contribution in [1.82, 2.24) is 10.6 Å². The molecule has 2 aromatic carbocycles. The van der Waals surface area contributed by atoms with Gasteiger partial charge in [-0.1, -0.05) is 60.7 Å². The number of piperidine rings is 1. The second-order valence-electron chi connectivity index (χ2n) is 6.43. The van der Waals surface area contributed by atoms with Crippen LogP contribution in [0.1, 0.15) is 11.1 Å². The number of rotatable bonds is 4. The Morgan fingerprint density at radius 3 is 1.91 bits per heavy atom. The molecule has 3 atom stereocenters. The van der Waals surface area contributed by atoms with E-state index in [-0.39, 0.29) is 11.9 Å². The zero-order chi connectivity index (χ0) is 15.9. The molecule has 4 heteroatoms. The largest absolute Gasteiger partial charge is 0.372 e. The summed E-state index contributed by atoms with van der Waals surface area (Å²) in [5.41, 5.74) is -0.479. The van der Waals surface area contributed by atoms with E-state index in [9.17, 15) is 9.90 Å². The highest BCUT2D eigenvalue weighted by Gasteiger charge is 2.55. The first-order chi connectivity index (χ1) is 11.2. The van der Waals surface area contributed by atoms with Gasteiger partial charge >= 0.3 is 0 Å². The number of carbonyl (C=O) groups is 1. The fourth-order valence-electron chi connectivity index (χ4n) is 3.68. The van der Waals surface area contributed by atoms with Crippen LogP contribution in [0.15, 0.2) is 60.7 Å². The molecular weight excluding hydrogens is 288 g/mol. The van der Waals surface area contributed by atoms with Crippen LogP contribution < -0.4 is 10.6 Å². The van der Waals surface area contributed by atoms with Gasteiger partial charge in [0.25, 0.3) is 5.91 Å². The minimum absolute atomic E-state index is 0.183. The Balaban J connectivity index is 1.66. The predicted octanol–water partition coefficient (Wildman–Crippen LogP) is 1.26. The maximum absolute atomic E-state index is 13.0. The number of benzene rings is 2. The normalized spacial score (nSPS) is 25.7. The molecule has 1 aliphatic carbocycles. The molecule has 1 saturated carbocycles. The third-order valence-corrected chi connectivity index (χ3v) is 5.10. The van der Waals surface area contributed by atoms with Gasteiger partial charge in [-0.3, -0.25) is 4.79 Å². The lowest BCUT2D eigenvalue weighted by molar-refractivity contribution is -0.137. The summed E-state index contributed by atoms with van der Waals surface area (Å²) >= 11 is 0. The van der Waals surface area contributed by atoms with E-state index in [2.05, 4.69) is 10.6 Å². The van der Waals surface area contributed by atoms with Crippen molar-refractivity contribution in [3.63, 3.8) is 0 Å². The lowest BCUT2D eigenvalue weighted by atomic mass is 9.85. The lowest BCUT2D eigenvalue weighted by Gasteiger charge is -2.28. The van der Waals surface area contributed by atoms with Crippen LogP contribution in [-0.2, 0) is 10.4 Å². The molecule has 1 unspecified atom stereocenters. The number of hydrogen-bond donors (Lipinski definition) is 3. The van der Waals surface area contributed by atoms with Gasteiger partial charge in [-0.2, -0.15) is 0 Å². The average molecular weight is 308 g/mol. The number of aliphatic hydroxyl groups is 1. The number of amides is 1. The maximum Gasteiger partial charge on any atom is 0.261 e. The second kappa shape index (κ2) is 5.48. The number of carbonyl (C=O) groups excluding carboxylic acids is 1. The van der Waals surface area contributed by atoms with Gasteiger partial charge in [0.2, 0.25) is 0 Å². The van der Waals surface area contributed by atoms with Gasteiger partial charge in [-0.25, -0.2) is 0 Å². The van der Waals surface area contributed by atoms with Crippen LogP contribution in [0.5, 0.6) is 0 Å². The standard InChI is InChI=1S/C19H20N2O2/c22-18(21-17-15-11-20-12-16(15)17)19(23,13-7-3-1-4-8-13)14-9-5-2-6-10-14/h1-10,15-17,20,23H,11-12H2,(H,21,22)/t15-,16+,17?. The molecule has 3 N–H and O–H groups in total. The van der Waals surface area contributed by atoms with E-state index < -0.39 is 5.60 Å². The van der Waals surface area contributed by atoms with Crippen LogP contribution in [-0.4, -0.2) is 30.1 Å². The van der Waals surface area contributed by atoms with E-state index in [4.69, 9.17) is 0 Å². The monoisotopic (exact) mass is 308 g/mol. The molecule has 0 bridgehead atoms. The molecule has 118 valence electrons. The SMILES string of the molecule is O=C(NC1[C@H]2CNC[C@@H]12)C(O)(c1ccccc1)c1ccccc1. The summed E-state index contributed by atoms with van der Waals surface area (Å²) in [5.74, 6) is 0.679. The van der Waals surface area contributed by atoms with Crippen molar-refractivity contribution < 1.29 is 9.90 Å². The summed E-state index contributed by atoms with van der Waals surface area (Å²) in [6.45, 7) is 1.90. The summed E-state index contributed by atoms with van der Waals surface area (Å²) in [4.78, 5) is 13.0. The van der Waals surface area contributed by atoms with E-state index in [0.29, 0.717) is 23.0 Å². The van der Waals surface area contributed by atoms with Gasteiger partial charge < -0.3 is 15.7 Å². The molecule has 23 heavy (non-hydrogen) atoms. The fourth-order valence-corrected chi connectivity index (χ4v) is 3.68. The van der Waals surface area contributed by atoms with Crippen molar-refractivity contribution in [2.24, 2.45) is 11.8 Å². The fraction of sp³-hybridized carbons (Fsp3) is 0.316. The predicted molar refractivity (Wildman–Crippen MR) is 87.7 cm³/mol. The van der Waals surface area contributed by atoms with Crippen molar-refractivity contribution in [2.75, 3.05) is 13.1 Å². The average Bonchev–Trinajstić information content (AvgIpc) is 3.04. The molecule has 1 aliphatic heterocycles. The lowest BCUT2D eigenvalue weighted by Crippen LogP contribution is -2.47. The van der Waals surface area contributed by atoms with E-state index in [0.717, 1.165) is 13.1 Å². The topological polar surface area (TPSA) is 61.4 Å².